The van der Waals surface area contributed by atoms with Gasteiger partial charge < -0.3 is 19.5 Å². The number of nitrogens with zero attached hydrogens (tertiary/aromatic N) is 5. The molecule has 3 aromatic heterocycles. The van der Waals surface area contributed by atoms with Crippen molar-refractivity contribution in [2.45, 2.75) is 32.8 Å². The number of hydrogen-bond donors (Lipinski definition) is 1. The lowest BCUT2D eigenvalue weighted by molar-refractivity contribution is -0.139. The number of nitrogens with one attached hydrogen (secondary N) is 1. The lowest BCUT2D eigenvalue weighted by Crippen LogP contribution is -2.42. The quantitative estimate of drug-likeness (QED) is 0.656. The van der Waals surface area contributed by atoms with Crippen molar-refractivity contribution < 1.29 is 14.1 Å². The molecule has 1 N–H and O–H groups in total. The van der Waals surface area contributed by atoms with Gasteiger partial charge in [0.15, 0.2) is 11.0 Å². The number of aryl methyl sites for hydroxylation is 3. The first-order valence-electron chi connectivity index (χ1n) is 9.41. The summed E-state index contributed by atoms with van der Waals surface area (Å²) in [5, 5.41) is 9.74. The third-order valence-electron chi connectivity index (χ3n) is 4.50. The monoisotopic (exact) mass is 414 g/mol. The molecule has 1 atom stereocenters. The van der Waals surface area contributed by atoms with E-state index in [0.717, 1.165) is 16.5 Å². The molecule has 1 aliphatic rings. The van der Waals surface area contributed by atoms with Gasteiger partial charge in [-0.15, -0.1) is 11.3 Å². The smallest absolute Gasteiger partial charge is 0.227 e. The second-order valence-corrected chi connectivity index (χ2v) is 7.66. The third-order valence-corrected chi connectivity index (χ3v) is 5.37. The minimum atomic E-state index is -0.266. The Labute approximate surface area is 172 Å². The maximum absolute atomic E-state index is 12.6. The molecule has 0 bridgehead atoms. The molecule has 3 aromatic rings. The van der Waals surface area contributed by atoms with Crippen LogP contribution in [0.3, 0.4) is 0 Å². The number of carbonyl (C=O) groups is 1. The van der Waals surface area contributed by atoms with Crippen molar-refractivity contribution in [1.29, 1.82) is 0 Å². The Kier molecular flexibility index (Phi) is 5.81. The van der Waals surface area contributed by atoms with Gasteiger partial charge in [0.05, 0.1) is 24.5 Å². The van der Waals surface area contributed by atoms with Crippen LogP contribution in [-0.4, -0.2) is 50.6 Å². The summed E-state index contributed by atoms with van der Waals surface area (Å²) in [6, 6.07) is 5.73. The fraction of sp³-hybridized carbons (Fsp3) is 0.421. The van der Waals surface area contributed by atoms with Crippen molar-refractivity contribution in [3.63, 3.8) is 0 Å². The summed E-state index contributed by atoms with van der Waals surface area (Å²) in [6.45, 7) is 5.21. The van der Waals surface area contributed by atoms with Crippen LogP contribution >= 0.6 is 11.3 Å². The predicted molar refractivity (Wildman–Crippen MR) is 107 cm³/mol. The molecule has 4 rings (SSSR count). The number of pyridine rings is 1. The van der Waals surface area contributed by atoms with Crippen LogP contribution in [0.4, 0.5) is 10.9 Å². The molecule has 29 heavy (non-hydrogen) atoms. The third kappa shape index (κ3) is 4.96. The average Bonchev–Trinajstić information content (AvgIpc) is 3.34. The number of aromatic nitrogens is 4. The maximum Gasteiger partial charge on any atom is 0.227 e. The van der Waals surface area contributed by atoms with E-state index in [1.807, 2.05) is 35.4 Å². The lowest BCUT2D eigenvalue weighted by atomic mass is 10.1. The standard InChI is InChI=1S/C19H22N6O3S/c1-12-11-29-19(20-12)23-16-5-3-4-14(22-16)15-10-25(8-9-27-15)18(26)7-6-17-21-13(2)24-28-17/h3-5,11,15H,6-10H2,1-2H3,(H,20,22,23)/t15-/m1/s1. The molecule has 0 unspecified atom stereocenters. The van der Waals surface area contributed by atoms with Crippen LogP contribution in [-0.2, 0) is 16.0 Å². The highest BCUT2D eigenvalue weighted by molar-refractivity contribution is 7.13. The fourth-order valence-corrected chi connectivity index (χ4v) is 3.78. The minimum Gasteiger partial charge on any atom is -0.368 e. The highest BCUT2D eigenvalue weighted by Crippen LogP contribution is 2.24. The SMILES string of the molecule is Cc1csc(Nc2cccc([C@H]3CN(C(=O)CCc4nc(C)no4)CCO3)n2)n1. The van der Waals surface area contributed by atoms with E-state index in [2.05, 4.69) is 25.4 Å². The van der Waals surface area contributed by atoms with Crippen LogP contribution in [0.25, 0.3) is 0 Å². The highest BCUT2D eigenvalue weighted by atomic mass is 32.1. The first kappa shape index (κ1) is 19.5. The highest BCUT2D eigenvalue weighted by Gasteiger charge is 2.26. The van der Waals surface area contributed by atoms with Crippen molar-refractivity contribution in [2.24, 2.45) is 0 Å². The van der Waals surface area contributed by atoms with Gasteiger partial charge in [-0.05, 0) is 26.0 Å². The van der Waals surface area contributed by atoms with Crippen LogP contribution in [0.15, 0.2) is 28.1 Å². The van der Waals surface area contributed by atoms with E-state index < -0.39 is 0 Å². The predicted octanol–water partition coefficient (Wildman–Crippen LogP) is 2.81. The molecule has 4 heterocycles. The first-order chi connectivity index (χ1) is 14.1. The lowest BCUT2D eigenvalue weighted by Gasteiger charge is -2.32. The van der Waals surface area contributed by atoms with E-state index in [4.69, 9.17) is 9.26 Å². The molecule has 1 aliphatic heterocycles. The summed E-state index contributed by atoms with van der Waals surface area (Å²) in [5.41, 5.74) is 1.75. The number of carbonyl (C=O) groups excluding carboxylic acids is 1. The molecule has 9 nitrogen and oxygen atoms in total. The van der Waals surface area contributed by atoms with Crippen LogP contribution < -0.4 is 5.32 Å². The molecule has 10 heteroatoms. The zero-order valence-corrected chi connectivity index (χ0v) is 17.1. The van der Waals surface area contributed by atoms with E-state index in [-0.39, 0.29) is 12.0 Å². The van der Waals surface area contributed by atoms with Gasteiger partial charge in [-0.25, -0.2) is 9.97 Å². The van der Waals surface area contributed by atoms with Gasteiger partial charge in [-0.3, -0.25) is 4.79 Å². The summed E-state index contributed by atoms with van der Waals surface area (Å²) in [5.74, 6) is 1.81. The molecule has 0 aromatic carbocycles. The number of morpholine rings is 1. The van der Waals surface area contributed by atoms with Gasteiger partial charge >= 0.3 is 0 Å². The molecule has 0 spiro atoms. The zero-order valence-electron chi connectivity index (χ0n) is 16.3. The summed E-state index contributed by atoms with van der Waals surface area (Å²) < 4.78 is 11.0. The Balaban J connectivity index is 1.37. The van der Waals surface area contributed by atoms with Crippen molar-refractivity contribution in [3.05, 3.63) is 46.7 Å². The Bertz CT molecular complexity index is 988. The minimum absolute atomic E-state index is 0.0432. The van der Waals surface area contributed by atoms with Gasteiger partial charge in [-0.2, -0.15) is 4.98 Å². The van der Waals surface area contributed by atoms with Gasteiger partial charge in [0.25, 0.3) is 0 Å². The molecule has 0 saturated carbocycles. The summed E-state index contributed by atoms with van der Waals surface area (Å²) in [6.07, 6.45) is 0.498. The molecule has 0 aliphatic carbocycles. The van der Waals surface area contributed by atoms with Gasteiger partial charge in [0.1, 0.15) is 11.9 Å². The van der Waals surface area contributed by atoms with Crippen molar-refractivity contribution in [2.75, 3.05) is 25.0 Å². The number of rotatable bonds is 6. The van der Waals surface area contributed by atoms with Gasteiger partial charge in [0.2, 0.25) is 11.8 Å². The van der Waals surface area contributed by atoms with Crippen molar-refractivity contribution in [3.8, 4) is 0 Å². The number of hydrogen-bond acceptors (Lipinski definition) is 9. The summed E-state index contributed by atoms with van der Waals surface area (Å²) in [7, 11) is 0. The van der Waals surface area contributed by atoms with E-state index in [1.165, 1.54) is 11.3 Å². The van der Waals surface area contributed by atoms with Gasteiger partial charge in [-0.1, -0.05) is 11.2 Å². The number of amides is 1. The van der Waals surface area contributed by atoms with E-state index in [1.54, 1.807) is 6.92 Å². The van der Waals surface area contributed by atoms with Crippen molar-refractivity contribution >= 4 is 28.2 Å². The number of ether oxygens (including phenoxy) is 1. The molecule has 152 valence electrons. The molecular weight excluding hydrogens is 392 g/mol. The van der Waals surface area contributed by atoms with E-state index in [9.17, 15) is 4.79 Å². The Morgan fingerprint density at radius 2 is 2.21 bits per heavy atom. The molecule has 1 fully saturated rings. The largest absolute Gasteiger partial charge is 0.368 e. The zero-order chi connectivity index (χ0) is 20.2. The van der Waals surface area contributed by atoms with Crippen molar-refractivity contribution in [1.82, 2.24) is 25.0 Å². The first-order valence-corrected chi connectivity index (χ1v) is 10.3. The second kappa shape index (κ2) is 8.66. The number of anilines is 2. The Morgan fingerprint density at radius 1 is 1.31 bits per heavy atom. The van der Waals surface area contributed by atoms with E-state index >= 15 is 0 Å². The van der Waals surface area contributed by atoms with Crippen LogP contribution in [0, 0.1) is 13.8 Å². The van der Waals surface area contributed by atoms with Crippen LogP contribution in [0.2, 0.25) is 0 Å². The Hall–Kier alpha value is -2.85. The Morgan fingerprint density at radius 3 is 2.97 bits per heavy atom. The van der Waals surface area contributed by atoms with E-state index in [0.29, 0.717) is 50.1 Å². The van der Waals surface area contributed by atoms with Crippen LogP contribution in [0.1, 0.15) is 35.6 Å². The number of thiazole rings is 1. The second-order valence-electron chi connectivity index (χ2n) is 6.80. The van der Waals surface area contributed by atoms with Gasteiger partial charge in [0, 0.05) is 24.8 Å². The molecule has 1 amide bonds. The average molecular weight is 414 g/mol. The molecular formula is C19H22N6O3S. The maximum atomic E-state index is 12.6. The fourth-order valence-electron chi connectivity index (χ4n) is 3.09. The summed E-state index contributed by atoms with van der Waals surface area (Å²) >= 11 is 1.53. The normalized spacial score (nSPS) is 16.8. The van der Waals surface area contributed by atoms with Crippen LogP contribution in [0.5, 0.6) is 0 Å². The molecule has 1 saturated heterocycles. The summed E-state index contributed by atoms with van der Waals surface area (Å²) in [4.78, 5) is 27.6. The molecule has 0 radical (unpaired) electrons. The topological polar surface area (TPSA) is 106 Å².